The average molecular weight is 347 g/mol. The van der Waals surface area contributed by atoms with Gasteiger partial charge in [0.25, 0.3) is 5.91 Å². The maximum atomic E-state index is 12.6. The maximum Gasteiger partial charge on any atom is 0.256 e. The van der Waals surface area contributed by atoms with Crippen LogP contribution < -0.4 is 10.4 Å². The van der Waals surface area contributed by atoms with Gasteiger partial charge in [-0.3, -0.25) is 9.59 Å². The molecule has 128 valence electrons. The van der Waals surface area contributed by atoms with E-state index in [1.807, 2.05) is 26.0 Å². The number of amides is 2. The van der Waals surface area contributed by atoms with Gasteiger partial charge in [-0.1, -0.05) is 32.0 Å². The summed E-state index contributed by atoms with van der Waals surface area (Å²) in [4.78, 5) is 38.0. The number of carbonyl (C=O) groups is 3. The lowest BCUT2D eigenvalue weighted by Gasteiger charge is -2.27. The maximum absolute atomic E-state index is 12.6. The summed E-state index contributed by atoms with van der Waals surface area (Å²) in [6.07, 6.45) is 0.297. The standard InChI is InChI=1S/C17H20N2O4S/c1-9(2)7-12(17(22)23)18-14(20)13-8-24-16-11-6-4-3-5-10(11)15(21)19(13)16/h3-6,9,12-13,16H,7-8H2,1-2H3,(H,18,20)(H,22,23)/p-1/t12-,13-,16-/m0/s1. The largest absolute Gasteiger partial charge is 0.548 e. The number of carboxylic acids is 1. The van der Waals surface area contributed by atoms with Crippen LogP contribution in [-0.4, -0.2) is 40.5 Å². The van der Waals surface area contributed by atoms with Gasteiger partial charge in [-0.05, 0) is 24.0 Å². The fourth-order valence-electron chi connectivity index (χ4n) is 3.20. The first kappa shape index (κ1) is 16.8. The van der Waals surface area contributed by atoms with Crippen LogP contribution in [0.4, 0.5) is 0 Å². The highest BCUT2D eigenvalue weighted by atomic mass is 32.2. The molecule has 0 saturated carbocycles. The SMILES string of the molecule is CC(C)C[C@H](NC(=O)[C@@H]1CS[C@H]2c3ccccc3C(=O)N12)C(=O)[O-]. The van der Waals surface area contributed by atoms with Crippen molar-refractivity contribution in [1.29, 1.82) is 0 Å². The van der Waals surface area contributed by atoms with E-state index < -0.39 is 24.0 Å². The molecule has 1 fully saturated rings. The molecule has 1 aromatic rings. The first-order valence-corrected chi connectivity index (χ1v) is 8.99. The normalized spacial score (nSPS) is 23.1. The van der Waals surface area contributed by atoms with E-state index in [0.717, 1.165) is 5.56 Å². The van der Waals surface area contributed by atoms with Crippen LogP contribution in [0, 0.1) is 5.92 Å². The molecule has 7 heteroatoms. The Morgan fingerprint density at radius 1 is 1.38 bits per heavy atom. The molecule has 2 aliphatic heterocycles. The summed E-state index contributed by atoms with van der Waals surface area (Å²) in [5.41, 5.74) is 1.53. The molecule has 24 heavy (non-hydrogen) atoms. The zero-order valence-corrected chi connectivity index (χ0v) is 14.3. The van der Waals surface area contributed by atoms with E-state index >= 15 is 0 Å². The summed E-state index contributed by atoms with van der Waals surface area (Å²) in [5, 5.41) is 13.6. The molecule has 1 aromatic carbocycles. The van der Waals surface area contributed by atoms with Crippen LogP contribution in [0.2, 0.25) is 0 Å². The smallest absolute Gasteiger partial charge is 0.256 e. The Morgan fingerprint density at radius 2 is 2.08 bits per heavy atom. The van der Waals surface area contributed by atoms with Gasteiger partial charge in [0, 0.05) is 11.3 Å². The van der Waals surface area contributed by atoms with Crippen molar-refractivity contribution >= 4 is 29.5 Å². The van der Waals surface area contributed by atoms with E-state index in [4.69, 9.17) is 0 Å². The van der Waals surface area contributed by atoms with E-state index in [1.165, 1.54) is 11.8 Å². The van der Waals surface area contributed by atoms with Crippen molar-refractivity contribution in [2.75, 3.05) is 5.75 Å². The van der Waals surface area contributed by atoms with Crippen LogP contribution in [0.1, 0.15) is 41.6 Å². The Kier molecular flexibility index (Phi) is 4.54. The van der Waals surface area contributed by atoms with Gasteiger partial charge in [0.15, 0.2) is 0 Å². The van der Waals surface area contributed by atoms with Gasteiger partial charge >= 0.3 is 0 Å². The number of thioether (sulfide) groups is 1. The summed E-state index contributed by atoms with van der Waals surface area (Å²) in [5.74, 6) is -1.33. The highest BCUT2D eigenvalue weighted by molar-refractivity contribution is 7.99. The van der Waals surface area contributed by atoms with Gasteiger partial charge in [-0.25, -0.2) is 0 Å². The Labute approximate surface area is 144 Å². The van der Waals surface area contributed by atoms with Gasteiger partial charge in [0.1, 0.15) is 11.4 Å². The predicted octanol–water partition coefficient (Wildman–Crippen LogP) is 0.537. The van der Waals surface area contributed by atoms with Gasteiger partial charge < -0.3 is 20.1 Å². The van der Waals surface area contributed by atoms with E-state index in [9.17, 15) is 19.5 Å². The molecule has 1 N–H and O–H groups in total. The number of hydrogen-bond donors (Lipinski definition) is 1. The summed E-state index contributed by atoms with van der Waals surface area (Å²) in [7, 11) is 0. The number of fused-ring (bicyclic) bond motifs is 3. The molecule has 0 spiro atoms. The first-order chi connectivity index (χ1) is 11.4. The Balaban J connectivity index is 1.76. The van der Waals surface area contributed by atoms with Crippen molar-refractivity contribution in [1.82, 2.24) is 10.2 Å². The highest BCUT2D eigenvalue weighted by Crippen LogP contribution is 2.48. The average Bonchev–Trinajstić information content (AvgIpc) is 3.07. The topological polar surface area (TPSA) is 89.5 Å². The number of nitrogens with one attached hydrogen (secondary N) is 1. The zero-order valence-electron chi connectivity index (χ0n) is 13.5. The van der Waals surface area contributed by atoms with Crippen molar-refractivity contribution in [3.8, 4) is 0 Å². The summed E-state index contributed by atoms with van der Waals surface area (Å²) < 4.78 is 0. The molecule has 2 amide bonds. The lowest BCUT2D eigenvalue weighted by Crippen LogP contribution is -2.54. The van der Waals surface area contributed by atoms with Crippen LogP contribution in [0.15, 0.2) is 24.3 Å². The summed E-state index contributed by atoms with van der Waals surface area (Å²) >= 11 is 1.53. The third-order valence-electron chi connectivity index (χ3n) is 4.30. The Bertz CT molecular complexity index is 691. The van der Waals surface area contributed by atoms with Gasteiger partial charge in [-0.2, -0.15) is 0 Å². The molecule has 0 aliphatic carbocycles. The quantitative estimate of drug-likeness (QED) is 0.839. The van der Waals surface area contributed by atoms with Gasteiger partial charge in [0.05, 0.1) is 12.0 Å². The molecule has 1 saturated heterocycles. The Morgan fingerprint density at radius 3 is 2.75 bits per heavy atom. The molecule has 3 rings (SSSR count). The number of carbonyl (C=O) groups excluding carboxylic acids is 3. The third-order valence-corrected chi connectivity index (χ3v) is 5.61. The van der Waals surface area contributed by atoms with Gasteiger partial charge in [0.2, 0.25) is 5.91 Å². The molecule has 6 nitrogen and oxygen atoms in total. The van der Waals surface area contributed by atoms with Gasteiger partial charge in [-0.15, -0.1) is 11.8 Å². The minimum absolute atomic E-state index is 0.108. The molecule has 0 radical (unpaired) electrons. The lowest BCUT2D eigenvalue weighted by atomic mass is 10.0. The van der Waals surface area contributed by atoms with Crippen molar-refractivity contribution in [3.05, 3.63) is 35.4 Å². The van der Waals surface area contributed by atoms with Crippen molar-refractivity contribution < 1.29 is 19.5 Å². The number of benzene rings is 1. The molecule has 0 unspecified atom stereocenters. The number of hydrogen-bond acceptors (Lipinski definition) is 5. The number of carboxylic acid groups (broad SMARTS) is 1. The molecule has 2 aliphatic rings. The molecule has 3 atom stereocenters. The highest BCUT2D eigenvalue weighted by Gasteiger charge is 2.48. The second-order valence-electron chi connectivity index (χ2n) is 6.51. The van der Waals surface area contributed by atoms with Crippen LogP contribution in [0.25, 0.3) is 0 Å². The van der Waals surface area contributed by atoms with Crippen molar-refractivity contribution in [3.63, 3.8) is 0 Å². The Hall–Kier alpha value is -2.02. The lowest BCUT2D eigenvalue weighted by molar-refractivity contribution is -0.308. The fraction of sp³-hybridized carbons (Fsp3) is 0.471. The molecule has 0 aromatic heterocycles. The predicted molar refractivity (Wildman–Crippen MR) is 88.0 cm³/mol. The van der Waals surface area contributed by atoms with E-state index in [1.54, 1.807) is 17.0 Å². The minimum Gasteiger partial charge on any atom is -0.548 e. The second-order valence-corrected chi connectivity index (χ2v) is 7.62. The minimum atomic E-state index is -1.30. The van der Waals surface area contributed by atoms with E-state index in [2.05, 4.69) is 5.32 Å². The van der Waals surface area contributed by atoms with Crippen LogP contribution in [0.5, 0.6) is 0 Å². The first-order valence-electron chi connectivity index (χ1n) is 7.94. The van der Waals surface area contributed by atoms with Crippen molar-refractivity contribution in [2.24, 2.45) is 5.92 Å². The summed E-state index contributed by atoms with van der Waals surface area (Å²) in [6.45, 7) is 3.76. The van der Waals surface area contributed by atoms with Crippen LogP contribution in [0.3, 0.4) is 0 Å². The third kappa shape index (κ3) is 2.88. The van der Waals surface area contributed by atoms with Crippen LogP contribution in [-0.2, 0) is 9.59 Å². The number of aliphatic carboxylic acids is 1. The van der Waals surface area contributed by atoms with Crippen LogP contribution >= 0.6 is 11.8 Å². The second kappa shape index (κ2) is 6.47. The van der Waals surface area contributed by atoms with Crippen molar-refractivity contribution in [2.45, 2.75) is 37.7 Å². The number of rotatable bonds is 5. The van der Waals surface area contributed by atoms with E-state index in [0.29, 0.717) is 17.7 Å². The monoisotopic (exact) mass is 347 g/mol. The molecule has 2 heterocycles. The zero-order chi connectivity index (χ0) is 17.4. The number of nitrogens with zero attached hydrogens (tertiary/aromatic N) is 1. The fourth-order valence-corrected chi connectivity index (χ4v) is 4.66. The molecular weight excluding hydrogens is 328 g/mol. The molecular formula is C17H19N2O4S-. The molecule has 0 bridgehead atoms. The van der Waals surface area contributed by atoms with E-state index in [-0.39, 0.29) is 17.2 Å². The summed E-state index contributed by atoms with van der Waals surface area (Å²) in [6, 6.07) is 5.63.